The number of aromatic nitrogens is 2. The molecule has 0 bridgehead atoms. The van der Waals surface area contributed by atoms with Gasteiger partial charge in [0.15, 0.2) is 0 Å². The predicted octanol–water partition coefficient (Wildman–Crippen LogP) is 2.23. The molecule has 2 amide bonds. The van der Waals surface area contributed by atoms with Crippen LogP contribution in [0.25, 0.3) is 0 Å². The third-order valence-electron chi connectivity index (χ3n) is 4.76. The van der Waals surface area contributed by atoms with Crippen LogP contribution in [0.4, 0.5) is 5.95 Å². The van der Waals surface area contributed by atoms with Crippen molar-refractivity contribution in [3.05, 3.63) is 53.3 Å². The van der Waals surface area contributed by atoms with E-state index in [1.165, 1.54) is 0 Å². The molecular formula is C20H24ClN5O2. The maximum absolute atomic E-state index is 13.1. The van der Waals surface area contributed by atoms with Crippen molar-refractivity contribution in [2.75, 3.05) is 31.1 Å². The van der Waals surface area contributed by atoms with Crippen molar-refractivity contribution in [1.82, 2.24) is 20.2 Å². The normalized spacial score (nSPS) is 15.4. The largest absolute Gasteiger partial charge is 0.340 e. The van der Waals surface area contributed by atoms with Gasteiger partial charge in [0.2, 0.25) is 11.9 Å². The van der Waals surface area contributed by atoms with Gasteiger partial charge in [0.25, 0.3) is 5.91 Å². The van der Waals surface area contributed by atoms with E-state index in [1.54, 1.807) is 47.6 Å². The Morgan fingerprint density at radius 2 is 1.68 bits per heavy atom. The van der Waals surface area contributed by atoms with Gasteiger partial charge in [-0.1, -0.05) is 37.6 Å². The Bertz CT molecular complexity index is 822. The van der Waals surface area contributed by atoms with Crippen LogP contribution in [-0.2, 0) is 4.79 Å². The van der Waals surface area contributed by atoms with Crippen LogP contribution in [0.3, 0.4) is 0 Å². The first kappa shape index (κ1) is 20.1. The van der Waals surface area contributed by atoms with Crippen LogP contribution in [0.1, 0.15) is 24.2 Å². The zero-order chi connectivity index (χ0) is 20.1. The van der Waals surface area contributed by atoms with Crippen LogP contribution in [0, 0.1) is 5.92 Å². The third kappa shape index (κ3) is 4.59. The number of carbonyl (C=O) groups excluding carboxylic acids is 2. The van der Waals surface area contributed by atoms with Gasteiger partial charge in [0, 0.05) is 38.6 Å². The lowest BCUT2D eigenvalue weighted by Crippen LogP contribution is -2.56. The summed E-state index contributed by atoms with van der Waals surface area (Å²) in [7, 11) is 0. The van der Waals surface area contributed by atoms with Crippen LogP contribution in [0.15, 0.2) is 42.7 Å². The minimum atomic E-state index is -0.608. The summed E-state index contributed by atoms with van der Waals surface area (Å²) in [5.74, 6) is 0.203. The fourth-order valence-corrected chi connectivity index (χ4v) is 3.38. The van der Waals surface area contributed by atoms with Crippen molar-refractivity contribution >= 4 is 29.4 Å². The lowest BCUT2D eigenvalue weighted by atomic mass is 10.0. The van der Waals surface area contributed by atoms with Gasteiger partial charge < -0.3 is 15.1 Å². The molecule has 0 saturated carbocycles. The summed E-state index contributed by atoms with van der Waals surface area (Å²) in [6.07, 6.45) is 3.41. The summed E-state index contributed by atoms with van der Waals surface area (Å²) in [5, 5.41) is 3.23. The van der Waals surface area contributed by atoms with E-state index in [-0.39, 0.29) is 17.7 Å². The Balaban J connectivity index is 1.64. The fourth-order valence-electron chi connectivity index (χ4n) is 3.16. The summed E-state index contributed by atoms with van der Waals surface area (Å²) >= 11 is 6.11. The van der Waals surface area contributed by atoms with Crippen LogP contribution in [-0.4, -0.2) is 58.9 Å². The molecule has 1 saturated heterocycles. The molecule has 1 atom stereocenters. The van der Waals surface area contributed by atoms with E-state index in [1.807, 2.05) is 13.8 Å². The van der Waals surface area contributed by atoms with Crippen molar-refractivity contribution in [2.24, 2.45) is 5.92 Å². The molecule has 1 aromatic carbocycles. The first-order valence-corrected chi connectivity index (χ1v) is 9.71. The van der Waals surface area contributed by atoms with Gasteiger partial charge in [0.05, 0.1) is 10.6 Å². The number of rotatable bonds is 5. The number of hydrogen-bond acceptors (Lipinski definition) is 5. The van der Waals surface area contributed by atoms with Crippen molar-refractivity contribution in [2.45, 2.75) is 19.9 Å². The second kappa shape index (κ2) is 9.01. The fraction of sp³-hybridized carbons (Fsp3) is 0.400. The predicted molar refractivity (Wildman–Crippen MR) is 108 cm³/mol. The Morgan fingerprint density at radius 1 is 1.04 bits per heavy atom. The SMILES string of the molecule is CC(C)C(NC(=O)c1ccccc1Cl)C(=O)N1CCN(c2ncccn2)CC1. The number of amides is 2. The van der Waals surface area contributed by atoms with E-state index in [9.17, 15) is 9.59 Å². The van der Waals surface area contributed by atoms with Gasteiger partial charge in [-0.2, -0.15) is 0 Å². The molecule has 1 N–H and O–H groups in total. The highest BCUT2D eigenvalue weighted by atomic mass is 35.5. The van der Waals surface area contributed by atoms with E-state index in [4.69, 9.17) is 11.6 Å². The Hall–Kier alpha value is -2.67. The first-order chi connectivity index (χ1) is 13.5. The smallest absolute Gasteiger partial charge is 0.253 e. The Kier molecular flexibility index (Phi) is 6.46. The summed E-state index contributed by atoms with van der Waals surface area (Å²) in [5.41, 5.74) is 0.369. The van der Waals surface area contributed by atoms with E-state index < -0.39 is 6.04 Å². The van der Waals surface area contributed by atoms with Gasteiger partial charge in [-0.05, 0) is 24.1 Å². The molecule has 1 unspecified atom stereocenters. The number of hydrogen-bond donors (Lipinski definition) is 1. The first-order valence-electron chi connectivity index (χ1n) is 9.33. The van der Waals surface area contributed by atoms with Crippen molar-refractivity contribution in [1.29, 1.82) is 0 Å². The summed E-state index contributed by atoms with van der Waals surface area (Å²) in [6.45, 7) is 6.26. The molecular weight excluding hydrogens is 378 g/mol. The van der Waals surface area contributed by atoms with Gasteiger partial charge in [-0.25, -0.2) is 9.97 Å². The quantitative estimate of drug-likeness (QED) is 0.831. The lowest BCUT2D eigenvalue weighted by molar-refractivity contribution is -0.134. The molecule has 1 aromatic heterocycles. The average molecular weight is 402 g/mol. The van der Waals surface area contributed by atoms with E-state index in [0.29, 0.717) is 42.7 Å². The molecule has 1 aliphatic heterocycles. The second-order valence-electron chi connectivity index (χ2n) is 7.04. The zero-order valence-electron chi connectivity index (χ0n) is 16.0. The second-order valence-corrected chi connectivity index (χ2v) is 7.44. The molecule has 0 spiro atoms. The van der Waals surface area contributed by atoms with E-state index in [0.717, 1.165) is 0 Å². The molecule has 8 heteroatoms. The summed E-state index contributed by atoms with van der Waals surface area (Å²) in [6, 6.07) is 7.99. The van der Waals surface area contributed by atoms with Crippen molar-refractivity contribution < 1.29 is 9.59 Å². The number of nitrogens with one attached hydrogen (secondary N) is 1. The number of carbonyl (C=O) groups is 2. The van der Waals surface area contributed by atoms with Gasteiger partial charge >= 0.3 is 0 Å². The van der Waals surface area contributed by atoms with Gasteiger partial charge in [0.1, 0.15) is 6.04 Å². The highest BCUT2D eigenvalue weighted by Gasteiger charge is 2.31. The molecule has 3 rings (SSSR count). The Labute approximate surface area is 169 Å². The monoisotopic (exact) mass is 401 g/mol. The maximum Gasteiger partial charge on any atom is 0.253 e. The van der Waals surface area contributed by atoms with Crippen molar-refractivity contribution in [3.63, 3.8) is 0 Å². The molecule has 2 aromatic rings. The molecule has 28 heavy (non-hydrogen) atoms. The van der Waals surface area contributed by atoms with Gasteiger partial charge in [-0.15, -0.1) is 0 Å². The molecule has 1 aliphatic rings. The highest BCUT2D eigenvalue weighted by Crippen LogP contribution is 2.17. The Morgan fingerprint density at radius 3 is 2.29 bits per heavy atom. The van der Waals surface area contributed by atoms with Crippen LogP contribution >= 0.6 is 11.6 Å². The topological polar surface area (TPSA) is 78.4 Å². The summed E-state index contributed by atoms with van der Waals surface area (Å²) in [4.78, 5) is 38.0. The molecule has 7 nitrogen and oxygen atoms in total. The minimum Gasteiger partial charge on any atom is -0.340 e. The van der Waals surface area contributed by atoms with Crippen LogP contribution < -0.4 is 10.2 Å². The zero-order valence-corrected chi connectivity index (χ0v) is 16.8. The van der Waals surface area contributed by atoms with Gasteiger partial charge in [-0.3, -0.25) is 9.59 Å². The average Bonchev–Trinajstić information content (AvgIpc) is 2.72. The third-order valence-corrected chi connectivity index (χ3v) is 5.09. The number of nitrogens with zero attached hydrogens (tertiary/aromatic N) is 4. The van der Waals surface area contributed by atoms with Crippen LogP contribution in [0.2, 0.25) is 5.02 Å². The molecule has 1 fully saturated rings. The number of anilines is 1. The maximum atomic E-state index is 13.1. The van der Waals surface area contributed by atoms with E-state index >= 15 is 0 Å². The highest BCUT2D eigenvalue weighted by molar-refractivity contribution is 6.33. The molecule has 2 heterocycles. The number of halogens is 1. The standard InChI is InChI=1S/C20H24ClN5O2/c1-14(2)17(24-18(27)15-6-3-4-7-16(15)21)19(28)25-10-12-26(13-11-25)20-22-8-5-9-23-20/h3-9,14,17H,10-13H2,1-2H3,(H,24,27). The van der Waals surface area contributed by atoms with Crippen LogP contribution in [0.5, 0.6) is 0 Å². The number of piperazine rings is 1. The number of benzene rings is 1. The van der Waals surface area contributed by atoms with Crippen molar-refractivity contribution in [3.8, 4) is 0 Å². The molecule has 0 radical (unpaired) electrons. The van der Waals surface area contributed by atoms with E-state index in [2.05, 4.69) is 20.2 Å². The minimum absolute atomic E-state index is 0.0468. The lowest BCUT2D eigenvalue weighted by Gasteiger charge is -2.37. The molecule has 0 aliphatic carbocycles. The summed E-state index contributed by atoms with van der Waals surface area (Å²) < 4.78 is 0. The molecule has 148 valence electrons.